The van der Waals surface area contributed by atoms with E-state index < -0.39 is 82.3 Å². The van der Waals surface area contributed by atoms with Crippen LogP contribution in [0.3, 0.4) is 0 Å². The minimum absolute atomic E-state index is 0.346. The molecule has 29 heavy (non-hydrogen) atoms. The molecule has 4 aliphatic heterocycles. The highest BCUT2D eigenvalue weighted by Gasteiger charge is 3.00. The molecule has 2 N–H and O–H groups in total. The van der Waals surface area contributed by atoms with Gasteiger partial charge in [0, 0.05) is 0 Å². The summed E-state index contributed by atoms with van der Waals surface area (Å²) in [5, 5.41) is 22.8. The first kappa shape index (κ1) is 18.1. The summed E-state index contributed by atoms with van der Waals surface area (Å²) in [5.41, 5.74) is -4.94. The minimum atomic E-state index is -1.71. The monoisotopic (exact) mass is 408 g/mol. The predicted octanol–water partition coefficient (Wildman–Crippen LogP) is -0.484. The van der Waals surface area contributed by atoms with Crippen molar-refractivity contribution >= 4 is 17.9 Å². The summed E-state index contributed by atoms with van der Waals surface area (Å²) in [7, 11) is 0. The van der Waals surface area contributed by atoms with Crippen LogP contribution in [0.5, 0.6) is 0 Å². The Morgan fingerprint density at radius 2 is 1.72 bits per heavy atom. The normalized spacial score (nSPS) is 59.2. The molecule has 0 bridgehead atoms. The Hall–Kier alpha value is -1.71. The molecular weight excluding hydrogens is 384 g/mol. The van der Waals surface area contributed by atoms with Gasteiger partial charge in [-0.1, -0.05) is 27.7 Å². The van der Waals surface area contributed by atoms with Gasteiger partial charge < -0.3 is 29.2 Å². The second-order valence-corrected chi connectivity index (χ2v) is 10.5. The van der Waals surface area contributed by atoms with E-state index in [1.807, 2.05) is 20.8 Å². The third-order valence-corrected chi connectivity index (χ3v) is 8.81. The number of aliphatic hydroxyl groups is 2. The average Bonchev–Trinajstić information content (AvgIpc) is 3.34. The van der Waals surface area contributed by atoms with Gasteiger partial charge in [-0.15, -0.1) is 0 Å². The standard InChI is InChI=1S/C20H24O9/c1-6-9-10(27-13(6)23)11(21)19-8-5-7(17(2,3)4)18(19)12(22)14(24)28-16(18)29-20(9,19)15(25)26-8/h6-12,16,21-22H,5H2,1-4H3/t6-,7-,8+,9-,10+,11-,12-,16-,18?,19?,20+/m0/s1. The smallest absolute Gasteiger partial charge is 0.340 e. The third kappa shape index (κ3) is 1.40. The summed E-state index contributed by atoms with van der Waals surface area (Å²) in [6.45, 7) is 7.56. The second-order valence-electron chi connectivity index (χ2n) is 10.5. The van der Waals surface area contributed by atoms with E-state index >= 15 is 0 Å². The Bertz CT molecular complexity index is 878. The van der Waals surface area contributed by atoms with E-state index in [0.29, 0.717) is 6.42 Å². The maximum absolute atomic E-state index is 13.3. The number of rotatable bonds is 0. The van der Waals surface area contributed by atoms with Crippen LogP contribution in [-0.4, -0.2) is 64.4 Å². The minimum Gasteiger partial charge on any atom is -0.459 e. The molecule has 9 nitrogen and oxygen atoms in total. The first-order valence-corrected chi connectivity index (χ1v) is 10.1. The molecule has 2 spiro atoms. The van der Waals surface area contributed by atoms with E-state index in [1.165, 1.54) is 0 Å². The van der Waals surface area contributed by atoms with Crippen LogP contribution < -0.4 is 0 Å². The van der Waals surface area contributed by atoms with Crippen molar-refractivity contribution in [1.29, 1.82) is 0 Å². The van der Waals surface area contributed by atoms with Crippen LogP contribution in [0.2, 0.25) is 0 Å². The van der Waals surface area contributed by atoms with Gasteiger partial charge in [0.1, 0.15) is 18.3 Å². The second kappa shape index (κ2) is 4.63. The summed E-state index contributed by atoms with van der Waals surface area (Å²) < 4.78 is 23.0. The summed E-state index contributed by atoms with van der Waals surface area (Å²) in [5.74, 6) is -3.87. The zero-order valence-corrected chi connectivity index (χ0v) is 16.6. The van der Waals surface area contributed by atoms with Crippen molar-refractivity contribution in [2.75, 3.05) is 0 Å². The van der Waals surface area contributed by atoms with Crippen LogP contribution >= 0.6 is 0 Å². The molecule has 9 heteroatoms. The molecule has 2 unspecified atom stereocenters. The lowest BCUT2D eigenvalue weighted by atomic mass is 9.51. The number of ether oxygens (including phenoxy) is 4. The van der Waals surface area contributed by atoms with Crippen molar-refractivity contribution in [3.05, 3.63) is 0 Å². The topological polar surface area (TPSA) is 129 Å². The van der Waals surface area contributed by atoms with Crippen LogP contribution in [0.1, 0.15) is 34.1 Å². The average molecular weight is 408 g/mol. The summed E-state index contributed by atoms with van der Waals surface area (Å²) in [6.07, 6.45) is -5.52. The molecule has 6 rings (SSSR count). The van der Waals surface area contributed by atoms with Crippen molar-refractivity contribution in [2.45, 2.75) is 70.4 Å². The molecule has 4 heterocycles. The molecule has 0 amide bonds. The Balaban J connectivity index is 1.69. The number of fused-ring (bicyclic) bond motifs is 1. The lowest BCUT2D eigenvalue weighted by Crippen LogP contribution is -2.63. The van der Waals surface area contributed by atoms with Gasteiger partial charge in [-0.2, -0.15) is 0 Å². The molecule has 4 saturated heterocycles. The van der Waals surface area contributed by atoms with Crippen LogP contribution in [0.25, 0.3) is 0 Å². The van der Waals surface area contributed by atoms with E-state index in [0.717, 1.165) is 0 Å². The number of carbonyl (C=O) groups is 3. The molecule has 2 aliphatic carbocycles. The molecule has 0 aromatic rings. The maximum atomic E-state index is 13.3. The Morgan fingerprint density at radius 1 is 1.03 bits per heavy atom. The number of carbonyl (C=O) groups excluding carboxylic acids is 3. The number of hydrogen-bond acceptors (Lipinski definition) is 9. The van der Waals surface area contributed by atoms with Gasteiger partial charge in [0.15, 0.2) is 11.7 Å². The molecule has 0 aromatic carbocycles. The molecule has 158 valence electrons. The molecule has 0 aromatic heterocycles. The highest BCUT2D eigenvalue weighted by molar-refractivity contribution is 5.92. The van der Waals surface area contributed by atoms with Crippen molar-refractivity contribution in [1.82, 2.24) is 0 Å². The summed E-state index contributed by atoms with van der Waals surface area (Å²) in [6, 6.07) is 0. The number of hydrogen-bond donors (Lipinski definition) is 2. The van der Waals surface area contributed by atoms with Gasteiger partial charge in [-0.25, -0.2) is 9.59 Å². The quantitative estimate of drug-likeness (QED) is 0.403. The van der Waals surface area contributed by atoms with Gasteiger partial charge >= 0.3 is 17.9 Å². The Morgan fingerprint density at radius 3 is 2.38 bits per heavy atom. The van der Waals surface area contributed by atoms with Gasteiger partial charge in [0.25, 0.3) is 0 Å². The molecular formula is C20H24O9. The van der Waals surface area contributed by atoms with Crippen LogP contribution in [-0.2, 0) is 33.3 Å². The third-order valence-electron chi connectivity index (χ3n) is 8.81. The van der Waals surface area contributed by atoms with Crippen molar-refractivity contribution < 1.29 is 43.5 Å². The van der Waals surface area contributed by atoms with E-state index in [-0.39, 0.29) is 5.92 Å². The first-order chi connectivity index (χ1) is 13.5. The van der Waals surface area contributed by atoms with Gasteiger partial charge in [-0.3, -0.25) is 4.79 Å². The van der Waals surface area contributed by atoms with E-state index in [2.05, 4.69) is 0 Å². The van der Waals surface area contributed by atoms with Crippen LogP contribution in [0.4, 0.5) is 0 Å². The van der Waals surface area contributed by atoms with Gasteiger partial charge in [-0.05, 0) is 17.8 Å². The molecule has 2 saturated carbocycles. The molecule has 6 fully saturated rings. The van der Waals surface area contributed by atoms with Crippen molar-refractivity contribution in [2.24, 2.45) is 34.0 Å². The zero-order chi connectivity index (χ0) is 20.9. The predicted molar refractivity (Wildman–Crippen MR) is 90.6 cm³/mol. The SMILES string of the molecule is C[C@@H]1C(=O)O[C@@H]2[C@H]1[C@@]13O[C@@H]4OC(=O)[C@H](O)C45[C@H](C(C)(C)C)C[C@@H](OC1=O)C53[C@H]2O. The van der Waals surface area contributed by atoms with Crippen LogP contribution in [0.15, 0.2) is 0 Å². The lowest BCUT2D eigenvalue weighted by molar-refractivity contribution is -0.207. The summed E-state index contributed by atoms with van der Waals surface area (Å²) >= 11 is 0. The fourth-order valence-corrected chi connectivity index (χ4v) is 8.13. The van der Waals surface area contributed by atoms with E-state index in [9.17, 15) is 24.6 Å². The molecule has 0 radical (unpaired) electrons. The highest BCUT2D eigenvalue weighted by Crippen LogP contribution is 2.83. The number of esters is 3. The lowest BCUT2D eigenvalue weighted by Gasteiger charge is -2.47. The fraction of sp³-hybridized carbons (Fsp3) is 0.850. The highest BCUT2D eigenvalue weighted by atomic mass is 16.7. The summed E-state index contributed by atoms with van der Waals surface area (Å²) in [4.78, 5) is 38.1. The maximum Gasteiger partial charge on any atom is 0.340 e. The Labute approximate surface area is 166 Å². The zero-order valence-electron chi connectivity index (χ0n) is 16.6. The molecule has 6 aliphatic rings. The Kier molecular flexibility index (Phi) is 2.89. The van der Waals surface area contributed by atoms with Gasteiger partial charge in [0.05, 0.1) is 22.7 Å². The first-order valence-electron chi connectivity index (χ1n) is 10.1. The van der Waals surface area contributed by atoms with E-state index in [4.69, 9.17) is 18.9 Å². The fourth-order valence-electron chi connectivity index (χ4n) is 8.13. The molecule has 11 atom stereocenters. The number of aliphatic hydroxyl groups excluding tert-OH is 2. The largest absolute Gasteiger partial charge is 0.459 e. The van der Waals surface area contributed by atoms with Crippen LogP contribution in [0, 0.1) is 34.0 Å². The van der Waals surface area contributed by atoms with Gasteiger partial charge in [0.2, 0.25) is 6.29 Å². The van der Waals surface area contributed by atoms with E-state index in [1.54, 1.807) is 6.92 Å². The van der Waals surface area contributed by atoms with Crippen molar-refractivity contribution in [3.63, 3.8) is 0 Å². The van der Waals surface area contributed by atoms with Crippen molar-refractivity contribution in [3.8, 4) is 0 Å².